The molecule has 0 bridgehead atoms. The van der Waals surface area contributed by atoms with Gasteiger partial charge in [-0.25, -0.2) is 15.8 Å². The van der Waals surface area contributed by atoms with Crippen molar-refractivity contribution in [2.45, 2.75) is 43.8 Å². The van der Waals surface area contributed by atoms with Crippen molar-refractivity contribution in [3.8, 4) is 0 Å². The number of aromatic amines is 1. The Hall–Kier alpha value is -2.77. The van der Waals surface area contributed by atoms with E-state index >= 15 is 0 Å². The lowest BCUT2D eigenvalue weighted by molar-refractivity contribution is -0.137. The lowest BCUT2D eigenvalue weighted by Gasteiger charge is -2.36. The van der Waals surface area contributed by atoms with Gasteiger partial charge in [0.15, 0.2) is 0 Å². The number of carbonyl (C=O) groups excluding carboxylic acids is 1. The topological polar surface area (TPSA) is 85.9 Å². The molecule has 0 saturated carbocycles. The van der Waals surface area contributed by atoms with Crippen LogP contribution in [-0.2, 0) is 4.79 Å². The number of piperidine rings is 1. The predicted octanol–water partition coefficient (Wildman–Crippen LogP) is 2.62. The van der Waals surface area contributed by atoms with Gasteiger partial charge < -0.3 is 9.88 Å². The van der Waals surface area contributed by atoms with Gasteiger partial charge in [-0.3, -0.25) is 9.78 Å². The molecule has 3 aromatic rings. The fraction of sp³-hybridized carbons (Fsp3) is 0.381. The normalized spacial score (nSPS) is 25.3. The molecule has 1 amide bonds. The van der Waals surface area contributed by atoms with Crippen LogP contribution in [0, 0.1) is 0 Å². The first kappa shape index (κ1) is 17.3. The third-order valence-electron chi connectivity index (χ3n) is 5.76. The maximum Gasteiger partial charge on any atom is 0.241 e. The van der Waals surface area contributed by atoms with E-state index in [9.17, 15) is 4.79 Å². The lowest BCUT2D eigenvalue weighted by atomic mass is 9.99. The second-order valence-electron chi connectivity index (χ2n) is 7.57. The summed E-state index contributed by atoms with van der Waals surface area (Å²) in [6.45, 7) is 0.771. The number of pyridine rings is 1. The highest BCUT2D eigenvalue weighted by molar-refractivity contribution is 5.83. The van der Waals surface area contributed by atoms with Crippen molar-refractivity contribution in [2.24, 2.45) is 0 Å². The minimum Gasteiger partial charge on any atom is -0.340 e. The highest BCUT2D eigenvalue weighted by atomic mass is 16.2. The first-order chi connectivity index (χ1) is 13.8. The smallest absolute Gasteiger partial charge is 0.241 e. The molecule has 2 saturated heterocycles. The van der Waals surface area contributed by atoms with E-state index in [0.717, 1.165) is 48.4 Å². The number of likely N-dealkylation sites (tertiary alicyclic amines) is 1. The van der Waals surface area contributed by atoms with Gasteiger partial charge in [0.2, 0.25) is 5.91 Å². The van der Waals surface area contributed by atoms with Gasteiger partial charge in [0.05, 0.1) is 28.8 Å². The van der Waals surface area contributed by atoms with Gasteiger partial charge in [-0.2, -0.15) is 0 Å². The number of rotatable bonds is 3. The Bertz CT molecular complexity index is 938. The second-order valence-corrected chi connectivity index (χ2v) is 7.57. The molecule has 4 heterocycles. The Balaban J connectivity index is 1.35. The van der Waals surface area contributed by atoms with Crippen LogP contribution in [0.2, 0.25) is 0 Å². The van der Waals surface area contributed by atoms with Gasteiger partial charge in [0.1, 0.15) is 11.9 Å². The Morgan fingerprint density at radius 1 is 1.07 bits per heavy atom. The summed E-state index contributed by atoms with van der Waals surface area (Å²) in [4.78, 5) is 27.9. The zero-order chi connectivity index (χ0) is 18.9. The SMILES string of the molecule is O=C(C1CC(c2ccccn2)NN1)N1CCCCC1c1nc2ccccc2[nH]1. The summed E-state index contributed by atoms with van der Waals surface area (Å²) in [5.41, 5.74) is 9.35. The van der Waals surface area contributed by atoms with Crippen LogP contribution in [0.25, 0.3) is 11.0 Å². The third-order valence-corrected chi connectivity index (χ3v) is 5.76. The number of para-hydroxylation sites is 2. The van der Waals surface area contributed by atoms with E-state index in [1.54, 1.807) is 6.20 Å². The monoisotopic (exact) mass is 376 g/mol. The lowest BCUT2D eigenvalue weighted by Crippen LogP contribution is -2.48. The van der Waals surface area contributed by atoms with Gasteiger partial charge in [-0.15, -0.1) is 0 Å². The van der Waals surface area contributed by atoms with Crippen LogP contribution in [-0.4, -0.2) is 38.3 Å². The number of carbonyl (C=O) groups is 1. The fourth-order valence-corrected chi connectivity index (χ4v) is 4.30. The summed E-state index contributed by atoms with van der Waals surface area (Å²) < 4.78 is 0. The highest BCUT2D eigenvalue weighted by Crippen LogP contribution is 2.32. The molecule has 2 aliphatic heterocycles. The molecule has 2 aromatic heterocycles. The van der Waals surface area contributed by atoms with E-state index < -0.39 is 0 Å². The molecule has 7 nitrogen and oxygen atoms in total. The number of aromatic nitrogens is 3. The Labute approximate surface area is 163 Å². The molecule has 7 heteroatoms. The number of amides is 1. The van der Waals surface area contributed by atoms with E-state index in [1.165, 1.54) is 0 Å². The molecule has 3 N–H and O–H groups in total. The molecular formula is C21H24N6O. The number of H-pyrrole nitrogens is 1. The summed E-state index contributed by atoms with van der Waals surface area (Å²) in [7, 11) is 0. The standard InChI is InChI=1S/C21H24N6O/c28-21(18-13-17(25-26-18)14-7-3-5-11-22-14)27-12-6-4-10-19(27)20-23-15-8-1-2-9-16(15)24-20/h1-3,5,7-9,11,17-19,25-26H,4,6,10,12-13H2,(H,23,24). The van der Waals surface area contributed by atoms with E-state index in [4.69, 9.17) is 4.98 Å². The number of benzene rings is 1. The zero-order valence-corrected chi connectivity index (χ0v) is 15.6. The predicted molar refractivity (Wildman–Crippen MR) is 106 cm³/mol. The van der Waals surface area contributed by atoms with Crippen LogP contribution in [0.15, 0.2) is 48.7 Å². The summed E-state index contributed by atoms with van der Waals surface area (Å²) in [6.07, 6.45) is 5.56. The maximum atomic E-state index is 13.3. The Kier molecular flexibility index (Phi) is 4.54. The van der Waals surface area contributed by atoms with Gasteiger partial charge in [0.25, 0.3) is 0 Å². The number of nitrogens with one attached hydrogen (secondary N) is 3. The van der Waals surface area contributed by atoms with Crippen LogP contribution < -0.4 is 10.9 Å². The van der Waals surface area contributed by atoms with Gasteiger partial charge in [-0.05, 0) is 49.9 Å². The van der Waals surface area contributed by atoms with Gasteiger partial charge in [0, 0.05) is 12.7 Å². The van der Waals surface area contributed by atoms with Crippen LogP contribution in [0.5, 0.6) is 0 Å². The molecule has 0 radical (unpaired) electrons. The first-order valence-electron chi connectivity index (χ1n) is 9.97. The minimum absolute atomic E-state index is 0.00403. The van der Waals surface area contributed by atoms with Crippen molar-refractivity contribution in [1.82, 2.24) is 30.7 Å². The van der Waals surface area contributed by atoms with E-state index in [-0.39, 0.29) is 24.0 Å². The molecule has 0 spiro atoms. The highest BCUT2D eigenvalue weighted by Gasteiger charge is 2.38. The van der Waals surface area contributed by atoms with Gasteiger partial charge >= 0.3 is 0 Å². The minimum atomic E-state index is -0.253. The quantitative estimate of drug-likeness (QED) is 0.654. The Morgan fingerprint density at radius 3 is 2.82 bits per heavy atom. The molecule has 1 aromatic carbocycles. The molecule has 144 valence electrons. The van der Waals surface area contributed by atoms with Crippen LogP contribution >= 0.6 is 0 Å². The van der Waals surface area contributed by atoms with Crippen molar-refractivity contribution in [1.29, 1.82) is 0 Å². The molecule has 3 unspecified atom stereocenters. The molecule has 2 fully saturated rings. The molecule has 0 aliphatic carbocycles. The molecule has 3 atom stereocenters. The van der Waals surface area contributed by atoms with E-state index in [2.05, 4.69) is 20.8 Å². The summed E-state index contributed by atoms with van der Waals surface area (Å²) in [5.74, 6) is 1.03. The molecule has 2 aliphatic rings. The molecule has 5 rings (SSSR count). The Morgan fingerprint density at radius 2 is 1.96 bits per heavy atom. The number of nitrogens with zero attached hydrogens (tertiary/aromatic N) is 3. The van der Waals surface area contributed by atoms with Crippen molar-refractivity contribution >= 4 is 16.9 Å². The van der Waals surface area contributed by atoms with E-state index in [1.807, 2.05) is 47.4 Å². The van der Waals surface area contributed by atoms with Crippen LogP contribution in [0.1, 0.15) is 49.3 Å². The fourth-order valence-electron chi connectivity index (χ4n) is 4.30. The summed E-state index contributed by atoms with van der Waals surface area (Å²) in [5, 5.41) is 0. The molecular weight excluding hydrogens is 352 g/mol. The number of hydrogen-bond acceptors (Lipinski definition) is 5. The average molecular weight is 376 g/mol. The van der Waals surface area contributed by atoms with Crippen molar-refractivity contribution in [3.63, 3.8) is 0 Å². The zero-order valence-electron chi connectivity index (χ0n) is 15.6. The molecule has 28 heavy (non-hydrogen) atoms. The first-order valence-corrected chi connectivity index (χ1v) is 9.97. The number of hydrogen-bond donors (Lipinski definition) is 3. The summed E-state index contributed by atoms with van der Waals surface area (Å²) >= 11 is 0. The number of imidazole rings is 1. The van der Waals surface area contributed by atoms with Crippen molar-refractivity contribution in [3.05, 3.63) is 60.2 Å². The van der Waals surface area contributed by atoms with Crippen molar-refractivity contribution in [2.75, 3.05) is 6.54 Å². The number of hydrazine groups is 1. The third kappa shape index (κ3) is 3.16. The van der Waals surface area contributed by atoms with Crippen molar-refractivity contribution < 1.29 is 4.79 Å². The van der Waals surface area contributed by atoms with E-state index in [0.29, 0.717) is 6.42 Å². The maximum absolute atomic E-state index is 13.3. The average Bonchev–Trinajstić information content (AvgIpc) is 3.41. The van der Waals surface area contributed by atoms with Crippen LogP contribution in [0.4, 0.5) is 0 Å². The van der Waals surface area contributed by atoms with Crippen LogP contribution in [0.3, 0.4) is 0 Å². The van der Waals surface area contributed by atoms with Gasteiger partial charge in [-0.1, -0.05) is 18.2 Å². The summed E-state index contributed by atoms with van der Waals surface area (Å²) in [6, 6.07) is 13.7. The second kappa shape index (κ2) is 7.33. The number of fused-ring (bicyclic) bond motifs is 1. The largest absolute Gasteiger partial charge is 0.340 e.